The maximum atomic E-state index is 12.7. The molecule has 4 nitrogen and oxygen atoms in total. The normalized spacial score (nSPS) is 11.0. The van der Waals surface area contributed by atoms with Crippen molar-refractivity contribution >= 4 is 32.6 Å². The summed E-state index contributed by atoms with van der Waals surface area (Å²) in [5.41, 5.74) is 2.67. The number of para-hydroxylation sites is 2. The van der Waals surface area contributed by atoms with Crippen molar-refractivity contribution in [1.82, 2.24) is 4.98 Å². The van der Waals surface area contributed by atoms with Crippen molar-refractivity contribution in [2.24, 2.45) is 0 Å². The van der Waals surface area contributed by atoms with Crippen molar-refractivity contribution in [3.05, 3.63) is 83.9 Å². The smallest absolute Gasteiger partial charge is 0.257 e. The van der Waals surface area contributed by atoms with E-state index in [1.807, 2.05) is 54.6 Å². The fraction of sp³-hybridized carbons (Fsp3) is 0.130. The minimum Gasteiger partial charge on any atom is -0.457 e. The zero-order valence-electron chi connectivity index (χ0n) is 15.7. The van der Waals surface area contributed by atoms with Gasteiger partial charge in [-0.3, -0.25) is 10.1 Å². The molecule has 0 saturated heterocycles. The number of ether oxygens (including phenoxy) is 1. The van der Waals surface area contributed by atoms with Crippen LogP contribution in [-0.2, 0) is 0 Å². The quantitative estimate of drug-likeness (QED) is 0.426. The lowest BCUT2D eigenvalue weighted by molar-refractivity contribution is 0.102. The highest BCUT2D eigenvalue weighted by molar-refractivity contribution is 7.22. The van der Waals surface area contributed by atoms with Crippen LogP contribution in [0.4, 0.5) is 5.13 Å². The van der Waals surface area contributed by atoms with E-state index in [0.717, 1.165) is 16.0 Å². The number of aromatic nitrogens is 1. The van der Waals surface area contributed by atoms with Gasteiger partial charge < -0.3 is 4.74 Å². The number of fused-ring (bicyclic) bond motifs is 1. The summed E-state index contributed by atoms with van der Waals surface area (Å²) in [5, 5.41) is 3.52. The van der Waals surface area contributed by atoms with Crippen LogP contribution in [0.25, 0.3) is 10.2 Å². The fourth-order valence-electron chi connectivity index (χ4n) is 2.98. The third-order valence-corrected chi connectivity index (χ3v) is 5.30. The molecule has 0 saturated carbocycles. The van der Waals surface area contributed by atoms with Gasteiger partial charge in [0.15, 0.2) is 5.13 Å². The minimum atomic E-state index is -0.205. The molecule has 0 radical (unpaired) electrons. The molecule has 4 rings (SSSR count). The van der Waals surface area contributed by atoms with E-state index < -0.39 is 0 Å². The van der Waals surface area contributed by atoms with E-state index in [4.69, 9.17) is 4.74 Å². The van der Waals surface area contributed by atoms with Crippen molar-refractivity contribution in [2.75, 3.05) is 5.32 Å². The number of nitrogens with zero attached hydrogens (tertiary/aromatic N) is 1. The van der Waals surface area contributed by atoms with Crippen LogP contribution in [0.15, 0.2) is 72.8 Å². The van der Waals surface area contributed by atoms with Crippen molar-refractivity contribution in [2.45, 2.75) is 19.8 Å². The van der Waals surface area contributed by atoms with Gasteiger partial charge in [-0.1, -0.05) is 61.6 Å². The number of rotatable bonds is 5. The molecule has 0 bridgehead atoms. The molecule has 1 amide bonds. The van der Waals surface area contributed by atoms with Gasteiger partial charge in [0, 0.05) is 5.56 Å². The van der Waals surface area contributed by atoms with Crippen molar-refractivity contribution in [1.29, 1.82) is 0 Å². The molecule has 0 aliphatic rings. The topological polar surface area (TPSA) is 51.2 Å². The van der Waals surface area contributed by atoms with E-state index in [9.17, 15) is 4.79 Å². The van der Waals surface area contributed by atoms with Gasteiger partial charge >= 0.3 is 0 Å². The first kappa shape index (κ1) is 18.2. The SMILES string of the molecule is CC(C)c1cccc2sc(NC(=O)c3cccc(Oc4ccccc4)c3)nc12. The van der Waals surface area contributed by atoms with E-state index in [1.54, 1.807) is 12.1 Å². The van der Waals surface area contributed by atoms with Gasteiger partial charge in [-0.15, -0.1) is 0 Å². The Hall–Kier alpha value is -3.18. The Morgan fingerprint density at radius 3 is 2.50 bits per heavy atom. The summed E-state index contributed by atoms with van der Waals surface area (Å²) in [6.45, 7) is 4.29. The molecule has 1 aromatic heterocycles. The molecule has 5 heteroatoms. The first-order chi connectivity index (χ1) is 13.6. The zero-order valence-corrected chi connectivity index (χ0v) is 16.5. The molecule has 0 atom stereocenters. The highest BCUT2D eigenvalue weighted by Gasteiger charge is 2.14. The lowest BCUT2D eigenvalue weighted by Gasteiger charge is -2.07. The number of carbonyl (C=O) groups is 1. The second-order valence-corrected chi connectivity index (χ2v) is 7.80. The van der Waals surface area contributed by atoms with Crippen LogP contribution in [0.3, 0.4) is 0 Å². The highest BCUT2D eigenvalue weighted by atomic mass is 32.1. The summed E-state index contributed by atoms with van der Waals surface area (Å²) in [5.74, 6) is 1.52. The van der Waals surface area contributed by atoms with Crippen molar-refractivity contribution in [3.63, 3.8) is 0 Å². The summed E-state index contributed by atoms with van der Waals surface area (Å²) >= 11 is 1.48. The van der Waals surface area contributed by atoms with Crippen LogP contribution in [0.5, 0.6) is 11.5 Å². The number of hydrogen-bond donors (Lipinski definition) is 1. The molecule has 0 aliphatic carbocycles. The molecular weight excluding hydrogens is 368 g/mol. The second kappa shape index (κ2) is 7.82. The largest absolute Gasteiger partial charge is 0.457 e. The summed E-state index contributed by atoms with van der Waals surface area (Å²) in [6.07, 6.45) is 0. The predicted molar refractivity (Wildman–Crippen MR) is 115 cm³/mol. The molecular formula is C23H20N2O2S. The Labute approximate surface area is 167 Å². The average molecular weight is 388 g/mol. The predicted octanol–water partition coefficient (Wildman–Crippen LogP) is 6.46. The fourth-order valence-corrected chi connectivity index (χ4v) is 3.88. The molecule has 4 aromatic rings. The van der Waals surface area contributed by atoms with Crippen molar-refractivity contribution in [3.8, 4) is 11.5 Å². The Morgan fingerprint density at radius 1 is 0.964 bits per heavy atom. The average Bonchev–Trinajstić information content (AvgIpc) is 3.11. The molecule has 0 fully saturated rings. The summed E-state index contributed by atoms with van der Waals surface area (Å²) in [7, 11) is 0. The molecule has 1 heterocycles. The number of thiazole rings is 1. The zero-order chi connectivity index (χ0) is 19.5. The molecule has 3 aromatic carbocycles. The Bertz CT molecular complexity index is 1120. The van der Waals surface area contributed by atoms with Gasteiger partial charge in [0.2, 0.25) is 0 Å². The van der Waals surface area contributed by atoms with E-state index in [2.05, 4.69) is 30.2 Å². The van der Waals surface area contributed by atoms with Gasteiger partial charge in [0.25, 0.3) is 5.91 Å². The van der Waals surface area contributed by atoms with E-state index in [-0.39, 0.29) is 5.91 Å². The molecule has 1 N–H and O–H groups in total. The van der Waals surface area contributed by atoms with Crippen LogP contribution in [0.2, 0.25) is 0 Å². The lowest BCUT2D eigenvalue weighted by atomic mass is 10.0. The Balaban J connectivity index is 1.55. The number of anilines is 1. The van der Waals surface area contributed by atoms with E-state index in [1.165, 1.54) is 16.9 Å². The molecule has 0 spiro atoms. The number of amides is 1. The third kappa shape index (κ3) is 3.89. The standard InChI is InChI=1S/C23H20N2O2S/c1-15(2)19-12-7-13-20-21(19)24-23(28-20)25-22(26)16-8-6-11-18(14-16)27-17-9-4-3-5-10-17/h3-15H,1-2H3,(H,24,25,26). The number of nitrogens with one attached hydrogen (secondary N) is 1. The summed E-state index contributed by atoms with van der Waals surface area (Å²) < 4.78 is 6.89. The summed E-state index contributed by atoms with van der Waals surface area (Å²) in [4.78, 5) is 17.4. The molecule has 140 valence electrons. The van der Waals surface area contributed by atoms with Crippen LogP contribution >= 0.6 is 11.3 Å². The summed E-state index contributed by atoms with van der Waals surface area (Å²) in [6, 6.07) is 22.8. The maximum absolute atomic E-state index is 12.7. The van der Waals surface area contributed by atoms with Crippen LogP contribution in [-0.4, -0.2) is 10.9 Å². The van der Waals surface area contributed by atoms with Gasteiger partial charge in [-0.25, -0.2) is 4.98 Å². The molecule has 0 aliphatic heterocycles. The van der Waals surface area contributed by atoms with E-state index in [0.29, 0.717) is 22.4 Å². The van der Waals surface area contributed by atoms with Gasteiger partial charge in [0.05, 0.1) is 10.2 Å². The first-order valence-electron chi connectivity index (χ1n) is 9.14. The van der Waals surface area contributed by atoms with Crippen molar-refractivity contribution < 1.29 is 9.53 Å². The first-order valence-corrected chi connectivity index (χ1v) is 9.95. The van der Waals surface area contributed by atoms with Gasteiger partial charge in [-0.05, 0) is 47.9 Å². The maximum Gasteiger partial charge on any atom is 0.257 e. The highest BCUT2D eigenvalue weighted by Crippen LogP contribution is 2.32. The molecule has 28 heavy (non-hydrogen) atoms. The number of hydrogen-bond acceptors (Lipinski definition) is 4. The second-order valence-electron chi connectivity index (χ2n) is 6.76. The van der Waals surface area contributed by atoms with Gasteiger partial charge in [-0.2, -0.15) is 0 Å². The number of benzene rings is 3. The van der Waals surface area contributed by atoms with E-state index >= 15 is 0 Å². The third-order valence-electron chi connectivity index (χ3n) is 4.37. The van der Waals surface area contributed by atoms with Crippen LogP contribution < -0.4 is 10.1 Å². The number of carbonyl (C=O) groups excluding carboxylic acids is 1. The molecule has 0 unspecified atom stereocenters. The van der Waals surface area contributed by atoms with Crippen LogP contribution in [0, 0.1) is 0 Å². The van der Waals surface area contributed by atoms with Gasteiger partial charge in [0.1, 0.15) is 11.5 Å². The Kier molecular flexibility index (Phi) is 5.08. The lowest BCUT2D eigenvalue weighted by Crippen LogP contribution is -2.11. The Morgan fingerprint density at radius 2 is 1.71 bits per heavy atom. The van der Waals surface area contributed by atoms with Crippen LogP contribution in [0.1, 0.15) is 35.7 Å². The monoisotopic (exact) mass is 388 g/mol. The minimum absolute atomic E-state index is 0.205.